The topological polar surface area (TPSA) is 89.1 Å². The molecule has 9 nitrogen and oxygen atoms in total. The van der Waals surface area contributed by atoms with E-state index < -0.39 is 29.0 Å². The maximum Gasteiger partial charge on any atom is 0.275 e. The van der Waals surface area contributed by atoms with Crippen molar-refractivity contribution in [3.8, 4) is 0 Å². The number of piperidine rings is 1. The second-order valence-electron chi connectivity index (χ2n) is 9.84. The number of hydrogen-bond donors (Lipinski definition) is 1. The first-order valence-corrected chi connectivity index (χ1v) is 13.4. The molecular formula is C24H30F2N6O3S. The molecule has 12 heteroatoms. The van der Waals surface area contributed by atoms with Crippen molar-refractivity contribution in [3.05, 3.63) is 36.4 Å². The maximum atomic E-state index is 13.2. The van der Waals surface area contributed by atoms with E-state index in [0.29, 0.717) is 17.3 Å². The van der Waals surface area contributed by atoms with Crippen LogP contribution in [0.5, 0.6) is 0 Å². The maximum absolute atomic E-state index is 13.2. The fourth-order valence-electron chi connectivity index (χ4n) is 5.10. The van der Waals surface area contributed by atoms with Gasteiger partial charge in [0.1, 0.15) is 11.9 Å². The van der Waals surface area contributed by atoms with E-state index in [1.54, 1.807) is 30.1 Å². The average molecular weight is 521 g/mol. The van der Waals surface area contributed by atoms with Crippen molar-refractivity contribution >= 4 is 38.9 Å². The number of hydrogen-bond acceptors (Lipinski definition) is 7. The Labute approximate surface area is 209 Å². The number of alkyl halides is 2. The van der Waals surface area contributed by atoms with Gasteiger partial charge in [0.2, 0.25) is 15.9 Å². The van der Waals surface area contributed by atoms with Crippen molar-refractivity contribution in [2.45, 2.75) is 42.7 Å². The molecule has 2 saturated heterocycles. The normalized spacial score (nSPS) is 23.4. The average Bonchev–Trinajstić information content (AvgIpc) is 2.82. The van der Waals surface area contributed by atoms with Gasteiger partial charge in [0.25, 0.3) is 5.92 Å². The summed E-state index contributed by atoms with van der Waals surface area (Å²) in [6.07, 6.45) is 1.85. The lowest BCUT2D eigenvalue weighted by molar-refractivity contribution is -0.119. The molecule has 2 fully saturated rings. The smallest absolute Gasteiger partial charge is 0.275 e. The van der Waals surface area contributed by atoms with E-state index in [1.165, 1.54) is 12.1 Å². The second kappa shape index (κ2) is 8.93. The summed E-state index contributed by atoms with van der Waals surface area (Å²) in [6, 6.07) is 9.45. The number of rotatable bonds is 5. The molecule has 0 unspecified atom stereocenters. The Morgan fingerprint density at radius 2 is 1.78 bits per heavy atom. The van der Waals surface area contributed by atoms with Gasteiger partial charge in [-0.15, -0.1) is 0 Å². The number of sulfonamides is 1. The van der Waals surface area contributed by atoms with Crippen LogP contribution in [0.2, 0.25) is 0 Å². The van der Waals surface area contributed by atoms with Crippen LogP contribution in [0.15, 0.2) is 41.3 Å². The molecule has 2 aromatic rings. The molecule has 3 aliphatic heterocycles. The van der Waals surface area contributed by atoms with E-state index in [9.17, 15) is 22.0 Å². The van der Waals surface area contributed by atoms with Gasteiger partial charge in [-0.2, -0.15) is 4.31 Å². The van der Waals surface area contributed by atoms with Gasteiger partial charge in [-0.25, -0.2) is 22.2 Å². The molecule has 5 rings (SSSR count). The number of halogens is 2. The summed E-state index contributed by atoms with van der Waals surface area (Å²) >= 11 is 0. The quantitative estimate of drug-likeness (QED) is 0.649. The predicted molar refractivity (Wildman–Crippen MR) is 134 cm³/mol. The summed E-state index contributed by atoms with van der Waals surface area (Å²) in [5.74, 6) is -1.78. The van der Waals surface area contributed by atoms with E-state index in [4.69, 9.17) is 4.98 Å². The van der Waals surface area contributed by atoms with Crippen LogP contribution in [-0.2, 0) is 14.8 Å². The van der Waals surface area contributed by atoms with Gasteiger partial charge >= 0.3 is 0 Å². The summed E-state index contributed by atoms with van der Waals surface area (Å²) in [4.78, 5) is 23.7. The van der Waals surface area contributed by atoms with Crippen LogP contribution >= 0.6 is 0 Å². The first kappa shape index (κ1) is 24.8. The van der Waals surface area contributed by atoms with Gasteiger partial charge in [-0.3, -0.25) is 4.79 Å². The second-order valence-corrected chi connectivity index (χ2v) is 11.8. The van der Waals surface area contributed by atoms with E-state index in [-0.39, 0.29) is 22.9 Å². The lowest BCUT2D eigenvalue weighted by Crippen LogP contribution is -2.58. The molecule has 1 N–H and O–H groups in total. The fraction of sp³-hybridized carbons (Fsp3) is 0.500. The van der Waals surface area contributed by atoms with Crippen LogP contribution < -0.4 is 15.1 Å². The standard InChI is InChI=1S/C24H30F2N6O3S/c1-16-23(33)30(3)20-7-8-21(28-22(20)32(16)18-9-11-29(2)12-10-18)27-17-5-4-6-19(13-17)36(34,35)31-14-24(25,26)15-31/h4-8,13,16,18H,9-12,14-15H2,1-3H3,(H,27,28)/t16-/m1/s1. The number of aromatic nitrogens is 1. The molecule has 0 saturated carbocycles. The van der Waals surface area contributed by atoms with Gasteiger partial charge < -0.3 is 20.0 Å². The first-order valence-electron chi connectivity index (χ1n) is 12.0. The summed E-state index contributed by atoms with van der Waals surface area (Å²) in [6.45, 7) is 2.16. The number of anilines is 4. The third-order valence-electron chi connectivity index (χ3n) is 7.21. The monoisotopic (exact) mass is 520 g/mol. The molecule has 0 aliphatic carbocycles. The van der Waals surface area contributed by atoms with Gasteiger partial charge in [0.15, 0.2) is 5.82 Å². The Morgan fingerprint density at radius 1 is 1.08 bits per heavy atom. The van der Waals surface area contributed by atoms with Gasteiger partial charge in [0, 0.05) is 18.8 Å². The van der Waals surface area contributed by atoms with E-state index in [2.05, 4.69) is 22.2 Å². The van der Waals surface area contributed by atoms with E-state index >= 15 is 0 Å². The zero-order valence-corrected chi connectivity index (χ0v) is 21.3. The van der Waals surface area contributed by atoms with Crippen molar-refractivity contribution in [1.82, 2.24) is 14.2 Å². The minimum absolute atomic E-state index is 0.0124. The Hall–Kier alpha value is -2.83. The molecule has 1 atom stereocenters. The number of benzene rings is 1. The molecule has 0 spiro atoms. The molecule has 4 heterocycles. The number of nitrogens with one attached hydrogen (secondary N) is 1. The van der Waals surface area contributed by atoms with Crippen LogP contribution in [0, 0.1) is 0 Å². The molecule has 3 aliphatic rings. The summed E-state index contributed by atoms with van der Waals surface area (Å²) < 4.78 is 52.8. The van der Waals surface area contributed by atoms with Crippen LogP contribution in [-0.4, -0.2) is 86.8 Å². The van der Waals surface area contributed by atoms with Crippen molar-refractivity contribution in [2.75, 3.05) is 55.4 Å². The minimum atomic E-state index is -4.01. The fourth-order valence-corrected chi connectivity index (χ4v) is 6.64. The van der Waals surface area contributed by atoms with Crippen molar-refractivity contribution in [2.24, 2.45) is 0 Å². The van der Waals surface area contributed by atoms with Crippen molar-refractivity contribution < 1.29 is 22.0 Å². The Bertz CT molecular complexity index is 1270. The molecule has 36 heavy (non-hydrogen) atoms. The number of nitrogens with zero attached hydrogens (tertiary/aromatic N) is 5. The molecule has 1 aromatic heterocycles. The molecule has 1 amide bonds. The number of amides is 1. The zero-order chi connectivity index (χ0) is 25.8. The van der Waals surface area contributed by atoms with Crippen LogP contribution in [0.3, 0.4) is 0 Å². The third kappa shape index (κ3) is 4.41. The Morgan fingerprint density at radius 3 is 2.44 bits per heavy atom. The van der Waals surface area contributed by atoms with Crippen molar-refractivity contribution in [3.63, 3.8) is 0 Å². The lowest BCUT2D eigenvalue weighted by atomic mass is 9.99. The zero-order valence-electron chi connectivity index (χ0n) is 20.5. The number of fused-ring (bicyclic) bond motifs is 1. The van der Waals surface area contributed by atoms with Crippen molar-refractivity contribution in [1.29, 1.82) is 0 Å². The number of likely N-dealkylation sites (tertiary alicyclic amines) is 1. The molecule has 0 bridgehead atoms. The van der Waals surface area contributed by atoms with E-state index in [0.717, 1.165) is 35.9 Å². The Balaban J connectivity index is 1.42. The Kier molecular flexibility index (Phi) is 6.16. The van der Waals surface area contributed by atoms with Crippen LogP contribution in [0.1, 0.15) is 19.8 Å². The molecular weight excluding hydrogens is 490 g/mol. The number of likely N-dealkylation sites (N-methyl/N-ethyl adjacent to an activating group) is 1. The van der Waals surface area contributed by atoms with Crippen LogP contribution in [0.25, 0.3) is 0 Å². The van der Waals surface area contributed by atoms with E-state index in [1.807, 2.05) is 13.0 Å². The predicted octanol–water partition coefficient (Wildman–Crippen LogP) is 2.73. The SMILES string of the molecule is C[C@@H]1C(=O)N(C)c2ccc(Nc3cccc(S(=O)(=O)N4CC(F)(F)C4)c3)nc2N1C1CCN(C)CC1. The van der Waals surface area contributed by atoms with Gasteiger partial charge in [-0.05, 0) is 70.2 Å². The molecule has 0 radical (unpaired) electrons. The highest BCUT2D eigenvalue weighted by Gasteiger charge is 2.50. The highest BCUT2D eigenvalue weighted by Crippen LogP contribution is 2.39. The number of carbonyl (C=O) groups excluding carboxylic acids is 1. The highest BCUT2D eigenvalue weighted by atomic mass is 32.2. The summed E-state index contributed by atoms with van der Waals surface area (Å²) in [5.41, 5.74) is 1.19. The summed E-state index contributed by atoms with van der Waals surface area (Å²) in [5, 5.41) is 3.15. The van der Waals surface area contributed by atoms with Crippen LogP contribution in [0.4, 0.5) is 31.8 Å². The minimum Gasteiger partial charge on any atom is -0.340 e. The first-order chi connectivity index (χ1) is 17.0. The lowest BCUT2D eigenvalue weighted by Gasteiger charge is -2.45. The molecule has 1 aromatic carbocycles. The third-order valence-corrected chi connectivity index (χ3v) is 8.99. The number of pyridine rings is 1. The largest absolute Gasteiger partial charge is 0.340 e. The van der Waals surface area contributed by atoms with Gasteiger partial charge in [0.05, 0.1) is 23.7 Å². The highest BCUT2D eigenvalue weighted by molar-refractivity contribution is 7.89. The van der Waals surface area contributed by atoms with Gasteiger partial charge in [-0.1, -0.05) is 6.07 Å². The molecule has 194 valence electrons. The number of carbonyl (C=O) groups is 1. The summed E-state index contributed by atoms with van der Waals surface area (Å²) in [7, 11) is -0.184.